The second kappa shape index (κ2) is 8.11. The van der Waals surface area contributed by atoms with Crippen LogP contribution >= 0.6 is 0 Å². The van der Waals surface area contributed by atoms with Crippen molar-refractivity contribution < 1.29 is 14.9 Å². The zero-order valence-corrected chi connectivity index (χ0v) is 15.8. The normalized spacial score (nSPS) is 11.6. The molecule has 3 nitrogen and oxygen atoms in total. The van der Waals surface area contributed by atoms with Gasteiger partial charge in [0.05, 0.1) is 7.11 Å². The molecule has 0 aliphatic heterocycles. The Morgan fingerprint density at radius 1 is 1.08 bits per heavy atom. The number of aromatic hydroxyl groups is 2. The molecule has 0 saturated heterocycles. The molecule has 0 aromatic heterocycles. The summed E-state index contributed by atoms with van der Waals surface area (Å²) in [4.78, 5) is 0. The topological polar surface area (TPSA) is 49.7 Å². The van der Waals surface area contributed by atoms with E-state index in [0.717, 1.165) is 24.2 Å². The Hall–Kier alpha value is -2.42. The molecule has 0 aliphatic rings. The lowest BCUT2D eigenvalue weighted by Crippen LogP contribution is -2.00. The van der Waals surface area contributed by atoms with Gasteiger partial charge in [-0.2, -0.15) is 0 Å². The van der Waals surface area contributed by atoms with Crippen molar-refractivity contribution in [2.45, 2.75) is 47.0 Å². The summed E-state index contributed by atoms with van der Waals surface area (Å²) in [5.74, 6) is 1.35. The minimum Gasteiger partial charge on any atom is -0.508 e. The predicted molar refractivity (Wildman–Crippen MR) is 103 cm³/mol. The van der Waals surface area contributed by atoms with Crippen molar-refractivity contribution in [3.05, 3.63) is 63.7 Å². The molecule has 2 aromatic rings. The summed E-state index contributed by atoms with van der Waals surface area (Å²) in [7, 11) is 1.71. The van der Waals surface area contributed by atoms with Crippen molar-refractivity contribution in [1.82, 2.24) is 0 Å². The molecule has 3 heteroatoms. The Labute approximate surface area is 150 Å². The Morgan fingerprint density at radius 3 is 2.48 bits per heavy atom. The third-order valence-corrected chi connectivity index (χ3v) is 4.93. The smallest absolute Gasteiger partial charge is 0.122 e. The lowest BCUT2D eigenvalue weighted by atomic mass is 9.92. The highest BCUT2D eigenvalue weighted by Crippen LogP contribution is 2.29. The average molecular weight is 340 g/mol. The molecule has 25 heavy (non-hydrogen) atoms. The lowest BCUT2D eigenvalue weighted by Gasteiger charge is -2.16. The molecule has 0 spiro atoms. The quantitative estimate of drug-likeness (QED) is 0.564. The molecule has 0 amide bonds. The van der Waals surface area contributed by atoms with Gasteiger partial charge in [-0.1, -0.05) is 11.6 Å². The van der Waals surface area contributed by atoms with Crippen molar-refractivity contribution in [1.29, 1.82) is 0 Å². The van der Waals surface area contributed by atoms with Gasteiger partial charge >= 0.3 is 0 Å². The Balaban J connectivity index is 2.08. The average Bonchev–Trinajstić information content (AvgIpc) is 2.58. The summed E-state index contributed by atoms with van der Waals surface area (Å²) in [6.07, 6.45) is 4.69. The van der Waals surface area contributed by atoms with E-state index < -0.39 is 0 Å². The number of hydrogen-bond acceptors (Lipinski definition) is 3. The summed E-state index contributed by atoms with van der Waals surface area (Å²) in [6.45, 7) is 8.50. The number of allylic oxidation sites excluding steroid dienone is 2. The first-order valence-corrected chi connectivity index (χ1v) is 8.63. The summed E-state index contributed by atoms with van der Waals surface area (Å²) in [6, 6.07) is 6.75. The zero-order valence-electron chi connectivity index (χ0n) is 15.8. The maximum Gasteiger partial charge on any atom is 0.122 e. The van der Waals surface area contributed by atoms with Crippen LogP contribution in [0.1, 0.15) is 41.2 Å². The maximum absolute atomic E-state index is 9.86. The van der Waals surface area contributed by atoms with Gasteiger partial charge in [0.25, 0.3) is 0 Å². The van der Waals surface area contributed by atoms with E-state index in [9.17, 15) is 10.2 Å². The number of phenols is 2. The van der Waals surface area contributed by atoms with Crippen molar-refractivity contribution in [2.24, 2.45) is 0 Å². The standard InChI is InChI=1S/C22H28O3/c1-14(6-8-18-13-19(23)9-11-21(18)24)7-10-20-15(2)12-22(25-5)17(4)16(20)3/h6,9,11-13,23-24H,7-8,10H2,1-5H3. The van der Waals surface area contributed by atoms with E-state index >= 15 is 0 Å². The van der Waals surface area contributed by atoms with Crippen LogP contribution in [-0.4, -0.2) is 17.3 Å². The summed E-state index contributed by atoms with van der Waals surface area (Å²) in [5.41, 5.74) is 7.16. The van der Waals surface area contributed by atoms with E-state index in [1.807, 2.05) is 0 Å². The van der Waals surface area contributed by atoms with Gasteiger partial charge in [-0.25, -0.2) is 0 Å². The predicted octanol–water partition coefficient (Wildman–Crippen LogP) is 5.15. The first-order valence-electron chi connectivity index (χ1n) is 8.63. The third-order valence-electron chi connectivity index (χ3n) is 4.93. The molecule has 0 unspecified atom stereocenters. The van der Waals surface area contributed by atoms with Crippen LogP contribution < -0.4 is 4.74 Å². The highest BCUT2D eigenvalue weighted by molar-refractivity contribution is 5.48. The highest BCUT2D eigenvalue weighted by atomic mass is 16.5. The largest absolute Gasteiger partial charge is 0.508 e. The third kappa shape index (κ3) is 4.56. The summed E-state index contributed by atoms with van der Waals surface area (Å²) >= 11 is 0. The second-order valence-electron chi connectivity index (χ2n) is 6.69. The molecule has 0 radical (unpaired) electrons. The molecule has 0 fully saturated rings. The van der Waals surface area contributed by atoms with Gasteiger partial charge in [0, 0.05) is 5.56 Å². The fraction of sp³-hybridized carbons (Fsp3) is 0.364. The lowest BCUT2D eigenvalue weighted by molar-refractivity contribution is 0.410. The van der Waals surface area contributed by atoms with Crippen molar-refractivity contribution in [3.63, 3.8) is 0 Å². The molecule has 0 saturated carbocycles. The summed E-state index contributed by atoms with van der Waals surface area (Å²) in [5, 5.41) is 19.4. The first-order chi connectivity index (χ1) is 11.8. The van der Waals surface area contributed by atoms with Crippen LogP contribution in [0, 0.1) is 20.8 Å². The van der Waals surface area contributed by atoms with Crippen molar-refractivity contribution >= 4 is 0 Å². The van der Waals surface area contributed by atoms with E-state index in [-0.39, 0.29) is 11.5 Å². The molecule has 2 aromatic carbocycles. The van der Waals surface area contributed by atoms with Crippen LogP contribution in [0.25, 0.3) is 0 Å². The van der Waals surface area contributed by atoms with Gasteiger partial charge in [0.1, 0.15) is 17.2 Å². The molecular weight excluding hydrogens is 312 g/mol. The second-order valence-corrected chi connectivity index (χ2v) is 6.69. The van der Waals surface area contributed by atoms with E-state index in [0.29, 0.717) is 6.42 Å². The number of benzene rings is 2. The Bertz CT molecular complexity index is 788. The number of rotatable bonds is 6. The monoisotopic (exact) mass is 340 g/mol. The number of aryl methyl sites for hydroxylation is 1. The van der Waals surface area contributed by atoms with E-state index in [1.165, 1.54) is 40.0 Å². The van der Waals surface area contributed by atoms with Crippen LogP contribution in [0.3, 0.4) is 0 Å². The van der Waals surface area contributed by atoms with Gasteiger partial charge in [-0.15, -0.1) is 0 Å². The number of ether oxygens (including phenoxy) is 1. The molecule has 0 heterocycles. The minimum absolute atomic E-state index is 0.179. The number of hydrogen-bond donors (Lipinski definition) is 2. The van der Waals surface area contributed by atoms with E-state index in [2.05, 4.69) is 39.8 Å². The van der Waals surface area contributed by atoms with Crippen LogP contribution in [0.15, 0.2) is 35.9 Å². The molecular formula is C22H28O3. The van der Waals surface area contributed by atoms with Crippen LogP contribution in [0.5, 0.6) is 17.2 Å². The maximum atomic E-state index is 9.86. The molecule has 134 valence electrons. The fourth-order valence-corrected chi connectivity index (χ4v) is 3.14. The van der Waals surface area contributed by atoms with Gasteiger partial charge < -0.3 is 14.9 Å². The summed E-state index contributed by atoms with van der Waals surface area (Å²) < 4.78 is 5.44. The van der Waals surface area contributed by atoms with Gasteiger partial charge in [0.15, 0.2) is 0 Å². The Morgan fingerprint density at radius 2 is 1.80 bits per heavy atom. The van der Waals surface area contributed by atoms with Crippen molar-refractivity contribution in [2.75, 3.05) is 7.11 Å². The SMILES string of the molecule is COc1cc(C)c(CCC(C)=CCc2cc(O)ccc2O)c(C)c1C. The number of phenolic OH excluding ortho intramolecular Hbond substituents is 2. The fourth-order valence-electron chi connectivity index (χ4n) is 3.14. The minimum atomic E-state index is 0.179. The van der Waals surface area contributed by atoms with Gasteiger partial charge in [0.2, 0.25) is 0 Å². The molecule has 2 rings (SSSR count). The van der Waals surface area contributed by atoms with Crippen LogP contribution in [-0.2, 0) is 12.8 Å². The van der Waals surface area contributed by atoms with E-state index in [1.54, 1.807) is 13.2 Å². The number of methoxy groups -OCH3 is 1. The van der Waals surface area contributed by atoms with Gasteiger partial charge in [-0.05, 0) is 93.5 Å². The Kier molecular flexibility index (Phi) is 6.13. The molecule has 0 atom stereocenters. The molecule has 0 bridgehead atoms. The van der Waals surface area contributed by atoms with Crippen molar-refractivity contribution in [3.8, 4) is 17.2 Å². The molecule has 0 aliphatic carbocycles. The first kappa shape index (κ1) is 18.9. The highest BCUT2D eigenvalue weighted by Gasteiger charge is 2.10. The van der Waals surface area contributed by atoms with Crippen LogP contribution in [0.2, 0.25) is 0 Å². The van der Waals surface area contributed by atoms with E-state index in [4.69, 9.17) is 4.74 Å². The van der Waals surface area contributed by atoms with Crippen LogP contribution in [0.4, 0.5) is 0 Å². The zero-order chi connectivity index (χ0) is 18.6. The van der Waals surface area contributed by atoms with Gasteiger partial charge in [-0.3, -0.25) is 0 Å². The molecule has 2 N–H and O–H groups in total.